The monoisotopic (exact) mass is 262 g/mol. The van der Waals surface area contributed by atoms with Gasteiger partial charge in [0.2, 0.25) is 10.3 Å². The van der Waals surface area contributed by atoms with Crippen molar-refractivity contribution in [3.63, 3.8) is 0 Å². The smallest absolute Gasteiger partial charge is 0.339 e. The third-order valence-corrected chi connectivity index (χ3v) is 3.90. The summed E-state index contributed by atoms with van der Waals surface area (Å²) in [7, 11) is -1.15. The van der Waals surface area contributed by atoms with Crippen LogP contribution in [0.1, 0.15) is 13.8 Å². The van der Waals surface area contributed by atoms with Crippen LogP contribution in [0.2, 0.25) is 0 Å². The molecule has 4 nitrogen and oxygen atoms in total. The number of methoxy groups -OCH3 is 1. The van der Waals surface area contributed by atoms with E-state index in [1.54, 1.807) is 13.8 Å². The van der Waals surface area contributed by atoms with E-state index in [4.69, 9.17) is 11.6 Å². The number of hydrogen-bond acceptors (Lipinski definition) is 4. The van der Waals surface area contributed by atoms with Crippen LogP contribution in [0.3, 0.4) is 0 Å². The minimum Gasteiger partial charge on any atom is -0.465 e. The van der Waals surface area contributed by atoms with Gasteiger partial charge in [0, 0.05) is 5.92 Å². The van der Waals surface area contributed by atoms with Gasteiger partial charge in [0.1, 0.15) is 0 Å². The van der Waals surface area contributed by atoms with Gasteiger partial charge in [-0.3, -0.25) is 0 Å². The molecule has 0 saturated carbocycles. The van der Waals surface area contributed by atoms with Crippen molar-refractivity contribution in [2.75, 3.05) is 7.11 Å². The molecule has 6 heteroatoms. The van der Waals surface area contributed by atoms with Gasteiger partial charge in [0.15, 0.2) is 0 Å². The highest BCUT2D eigenvalue weighted by Crippen LogP contribution is 2.31. The highest BCUT2D eigenvalue weighted by molar-refractivity contribution is 7.73. The molecule has 0 spiro atoms. The van der Waals surface area contributed by atoms with E-state index in [-0.39, 0.29) is 21.4 Å². The zero-order valence-corrected chi connectivity index (χ0v) is 10.6. The predicted octanol–water partition coefficient (Wildman–Crippen LogP) is 1.30. The van der Waals surface area contributed by atoms with Crippen LogP contribution < -0.4 is 0 Å². The number of ether oxygens (including phenoxy) is 1. The number of rotatable bonds is 1. The van der Waals surface area contributed by atoms with Crippen LogP contribution in [0.25, 0.3) is 0 Å². The van der Waals surface area contributed by atoms with Gasteiger partial charge < -0.3 is 4.74 Å². The third-order valence-electron chi connectivity index (χ3n) is 2.54. The van der Waals surface area contributed by atoms with E-state index >= 15 is 0 Å². The molecule has 1 atom stereocenters. The largest absolute Gasteiger partial charge is 0.465 e. The van der Waals surface area contributed by atoms with E-state index < -0.39 is 16.3 Å². The van der Waals surface area contributed by atoms with Gasteiger partial charge in [0.25, 0.3) is 0 Å². The lowest BCUT2D eigenvalue weighted by atomic mass is 9.90. The van der Waals surface area contributed by atoms with Gasteiger partial charge in [-0.05, 0) is 18.6 Å². The maximum atomic E-state index is 11.4. The Morgan fingerprint density at radius 2 is 2.06 bits per heavy atom. The number of esters is 1. The lowest BCUT2D eigenvalue weighted by Gasteiger charge is -2.19. The summed E-state index contributed by atoms with van der Waals surface area (Å²) >= 11 is 5.97. The van der Waals surface area contributed by atoms with Gasteiger partial charge in [-0.15, -0.1) is 0 Å². The number of carbonyl (C=O) groups is 1. The van der Waals surface area contributed by atoms with E-state index in [0.29, 0.717) is 5.57 Å². The SMILES string of the molecule is COC(=O)C1=CC(=S(=O)=O)C(C)C(C)=C1Cl. The van der Waals surface area contributed by atoms with Crippen LogP contribution in [-0.4, -0.2) is 26.4 Å². The molecule has 0 aromatic rings. The van der Waals surface area contributed by atoms with Crippen LogP contribution in [0.4, 0.5) is 0 Å². The number of hydrogen-bond donors (Lipinski definition) is 0. The minimum absolute atomic E-state index is 0.0824. The van der Waals surface area contributed by atoms with Crippen LogP contribution in [-0.2, 0) is 19.8 Å². The standard InChI is InChI=1S/C10H11ClO4S/c1-5-6(2)9(11)7(10(12)15-3)4-8(5)16(13)14/h4-5H,1-3H3. The minimum atomic E-state index is -2.37. The average Bonchev–Trinajstić information content (AvgIpc) is 2.25. The molecule has 0 aromatic carbocycles. The molecule has 0 radical (unpaired) electrons. The summed E-state index contributed by atoms with van der Waals surface area (Å²) in [6.45, 7) is 3.41. The fourth-order valence-electron chi connectivity index (χ4n) is 1.40. The second-order valence-electron chi connectivity index (χ2n) is 3.41. The summed E-state index contributed by atoms with van der Waals surface area (Å²) in [6.07, 6.45) is 1.26. The Morgan fingerprint density at radius 1 is 1.50 bits per heavy atom. The van der Waals surface area contributed by atoms with E-state index in [0.717, 1.165) is 0 Å². The highest BCUT2D eigenvalue weighted by Gasteiger charge is 2.27. The normalized spacial score (nSPS) is 20.6. The summed E-state index contributed by atoms with van der Waals surface area (Å²) in [5.41, 5.74) is 0.725. The van der Waals surface area contributed by atoms with E-state index in [1.165, 1.54) is 13.2 Å². The van der Waals surface area contributed by atoms with Gasteiger partial charge >= 0.3 is 5.97 Å². The molecule has 16 heavy (non-hydrogen) atoms. The summed E-state index contributed by atoms with van der Waals surface area (Å²) in [4.78, 5) is 11.5. The Labute approximate surface area is 100 Å². The molecule has 0 fully saturated rings. The molecule has 88 valence electrons. The molecule has 0 heterocycles. The topological polar surface area (TPSA) is 60.4 Å². The molecule has 0 saturated heterocycles. The quantitative estimate of drug-likeness (QED) is 0.528. The molecule has 1 rings (SSSR count). The Balaban J connectivity index is 3.45. The Morgan fingerprint density at radius 3 is 2.50 bits per heavy atom. The summed E-state index contributed by atoms with van der Waals surface area (Å²) in [5.74, 6) is -0.960. The molecule has 0 bridgehead atoms. The van der Waals surface area contributed by atoms with Gasteiger partial charge in [-0.1, -0.05) is 18.5 Å². The zero-order chi connectivity index (χ0) is 12.5. The second-order valence-corrected chi connectivity index (χ2v) is 4.72. The Bertz CT molecular complexity index is 517. The fraction of sp³-hybridized carbons (Fsp3) is 0.400. The number of halogens is 1. The highest BCUT2D eigenvalue weighted by atomic mass is 35.5. The van der Waals surface area contributed by atoms with Gasteiger partial charge in [-0.2, -0.15) is 8.42 Å². The summed E-state index contributed by atoms with van der Waals surface area (Å²) in [6, 6.07) is 0. The molecule has 1 aliphatic rings. The fourth-order valence-corrected chi connectivity index (χ4v) is 2.37. The summed E-state index contributed by atoms with van der Waals surface area (Å²) < 4.78 is 26.5. The lowest BCUT2D eigenvalue weighted by molar-refractivity contribution is -0.135. The first kappa shape index (κ1) is 13.0. The van der Waals surface area contributed by atoms with Crippen LogP contribution in [0.5, 0.6) is 0 Å². The molecular formula is C10H11ClO4S. The zero-order valence-electron chi connectivity index (χ0n) is 9.07. The van der Waals surface area contributed by atoms with Crippen molar-refractivity contribution in [2.24, 2.45) is 5.92 Å². The van der Waals surface area contributed by atoms with E-state index in [1.807, 2.05) is 0 Å². The van der Waals surface area contributed by atoms with Crippen molar-refractivity contribution in [3.8, 4) is 0 Å². The molecule has 0 aliphatic heterocycles. The molecule has 1 aliphatic carbocycles. The van der Waals surface area contributed by atoms with Crippen molar-refractivity contribution in [1.29, 1.82) is 0 Å². The summed E-state index contributed by atoms with van der Waals surface area (Å²) in [5, 5.41) is 0.258. The maximum absolute atomic E-state index is 11.4. The first-order valence-corrected chi connectivity index (χ1v) is 5.98. The van der Waals surface area contributed by atoms with Crippen molar-refractivity contribution in [1.82, 2.24) is 0 Å². The maximum Gasteiger partial charge on any atom is 0.339 e. The van der Waals surface area contributed by atoms with Crippen molar-refractivity contribution >= 4 is 32.7 Å². The molecular weight excluding hydrogens is 252 g/mol. The average molecular weight is 263 g/mol. The van der Waals surface area contributed by atoms with Crippen LogP contribution in [0, 0.1) is 5.92 Å². The Kier molecular flexibility index (Phi) is 3.93. The van der Waals surface area contributed by atoms with E-state index in [9.17, 15) is 13.2 Å². The molecule has 0 amide bonds. The van der Waals surface area contributed by atoms with Crippen LogP contribution in [0.15, 0.2) is 22.3 Å². The first-order chi connectivity index (χ1) is 7.40. The van der Waals surface area contributed by atoms with Gasteiger partial charge in [-0.25, -0.2) is 4.79 Å². The number of carbonyl (C=O) groups excluding carboxylic acids is 1. The molecule has 0 aromatic heterocycles. The van der Waals surface area contributed by atoms with Gasteiger partial charge in [0.05, 0.1) is 22.6 Å². The van der Waals surface area contributed by atoms with Crippen LogP contribution >= 0.6 is 11.6 Å². The predicted molar refractivity (Wildman–Crippen MR) is 61.7 cm³/mol. The van der Waals surface area contributed by atoms with Crippen molar-refractivity contribution in [2.45, 2.75) is 13.8 Å². The molecule has 1 unspecified atom stereocenters. The lowest BCUT2D eigenvalue weighted by Crippen LogP contribution is -2.21. The van der Waals surface area contributed by atoms with Crippen molar-refractivity contribution in [3.05, 3.63) is 22.3 Å². The number of allylic oxidation sites excluding steroid dienone is 2. The molecule has 0 N–H and O–H groups in total. The first-order valence-electron chi connectivity index (χ1n) is 4.52. The second kappa shape index (κ2) is 4.84. The Hall–Kier alpha value is -1.07. The van der Waals surface area contributed by atoms with Crippen molar-refractivity contribution < 1.29 is 17.9 Å². The van der Waals surface area contributed by atoms with E-state index in [2.05, 4.69) is 4.74 Å². The third kappa shape index (κ3) is 2.20.